The normalized spacial score (nSPS) is 11.6. The van der Waals surface area contributed by atoms with Crippen LogP contribution in [0.1, 0.15) is 15.9 Å². The van der Waals surface area contributed by atoms with Crippen molar-refractivity contribution < 1.29 is 23.1 Å². The fourth-order valence-electron chi connectivity index (χ4n) is 2.35. The highest BCUT2D eigenvalue weighted by molar-refractivity contribution is 5.97. The van der Waals surface area contributed by atoms with Crippen molar-refractivity contribution in [1.82, 2.24) is 4.98 Å². The summed E-state index contributed by atoms with van der Waals surface area (Å²) in [6, 6.07) is 11.4. The Balaban J connectivity index is 2.11. The van der Waals surface area contributed by atoms with E-state index in [1.54, 1.807) is 18.2 Å². The van der Waals surface area contributed by atoms with Crippen LogP contribution < -0.4 is 0 Å². The summed E-state index contributed by atoms with van der Waals surface area (Å²) < 4.78 is 37.9. The Bertz CT molecular complexity index is 886. The molecule has 0 atom stereocenters. The number of carbonyl (C=O) groups is 1. The topological polar surface area (TPSA) is 50.2 Å². The third kappa shape index (κ3) is 2.88. The molecule has 0 radical (unpaired) electrons. The predicted molar refractivity (Wildman–Crippen MR) is 79.1 cm³/mol. The van der Waals surface area contributed by atoms with Gasteiger partial charge in [-0.25, -0.2) is 4.79 Å². The van der Waals surface area contributed by atoms with Gasteiger partial charge in [0.25, 0.3) is 0 Å². The number of rotatable bonds is 2. The van der Waals surface area contributed by atoms with E-state index in [2.05, 4.69) is 4.98 Å². The van der Waals surface area contributed by atoms with Crippen LogP contribution in [0.4, 0.5) is 13.2 Å². The average molecular weight is 317 g/mol. The van der Waals surface area contributed by atoms with Gasteiger partial charge in [0.05, 0.1) is 16.6 Å². The number of aromatic nitrogens is 1. The minimum atomic E-state index is -4.38. The van der Waals surface area contributed by atoms with Crippen LogP contribution in [0.5, 0.6) is 0 Å². The molecule has 0 fully saturated rings. The van der Waals surface area contributed by atoms with Crippen LogP contribution in [-0.4, -0.2) is 16.1 Å². The molecule has 0 aliphatic rings. The molecule has 1 aromatic heterocycles. The van der Waals surface area contributed by atoms with E-state index in [0.717, 1.165) is 12.1 Å². The van der Waals surface area contributed by atoms with Gasteiger partial charge in [-0.2, -0.15) is 13.2 Å². The predicted octanol–water partition coefficient (Wildman–Crippen LogP) is 4.62. The first-order valence-electron chi connectivity index (χ1n) is 6.66. The van der Waals surface area contributed by atoms with E-state index >= 15 is 0 Å². The van der Waals surface area contributed by atoms with Gasteiger partial charge in [0.2, 0.25) is 0 Å². The third-order valence-corrected chi connectivity index (χ3v) is 3.48. The van der Waals surface area contributed by atoms with Gasteiger partial charge in [0.1, 0.15) is 0 Å². The summed E-state index contributed by atoms with van der Waals surface area (Å²) in [5, 5.41) is 9.60. The number of benzene rings is 2. The first kappa shape index (κ1) is 15.0. The van der Waals surface area contributed by atoms with E-state index in [-0.39, 0.29) is 5.56 Å². The van der Waals surface area contributed by atoms with Crippen molar-refractivity contribution in [3.8, 4) is 11.1 Å². The number of para-hydroxylation sites is 1. The molecule has 0 aliphatic carbocycles. The smallest absolute Gasteiger partial charge is 0.416 e. The van der Waals surface area contributed by atoms with Crippen LogP contribution in [0.3, 0.4) is 0 Å². The lowest BCUT2D eigenvalue weighted by Gasteiger charge is -2.09. The Hall–Kier alpha value is -2.89. The first-order chi connectivity index (χ1) is 10.9. The van der Waals surface area contributed by atoms with E-state index in [1.165, 1.54) is 24.4 Å². The van der Waals surface area contributed by atoms with E-state index in [1.807, 2.05) is 0 Å². The lowest BCUT2D eigenvalue weighted by molar-refractivity contribution is -0.137. The van der Waals surface area contributed by atoms with E-state index < -0.39 is 17.7 Å². The molecule has 0 saturated carbocycles. The average Bonchev–Trinajstić information content (AvgIpc) is 2.53. The van der Waals surface area contributed by atoms with Crippen molar-refractivity contribution in [1.29, 1.82) is 0 Å². The molecule has 0 amide bonds. The number of fused-ring (bicyclic) bond motifs is 1. The molecular formula is C17H10F3NO2. The third-order valence-electron chi connectivity index (χ3n) is 3.48. The van der Waals surface area contributed by atoms with Crippen LogP contribution >= 0.6 is 0 Å². The largest absolute Gasteiger partial charge is 0.478 e. The van der Waals surface area contributed by atoms with Gasteiger partial charge < -0.3 is 5.11 Å². The second-order valence-electron chi connectivity index (χ2n) is 4.98. The van der Waals surface area contributed by atoms with E-state index in [4.69, 9.17) is 5.11 Å². The summed E-state index contributed by atoms with van der Waals surface area (Å²) in [6.07, 6.45) is -3.15. The lowest BCUT2D eigenvalue weighted by atomic mass is 10.00. The highest BCUT2D eigenvalue weighted by Crippen LogP contribution is 2.32. The summed E-state index contributed by atoms with van der Waals surface area (Å²) in [6.45, 7) is 0. The first-order valence-corrected chi connectivity index (χ1v) is 6.66. The quantitative estimate of drug-likeness (QED) is 0.750. The molecule has 3 aromatic rings. The second-order valence-corrected chi connectivity index (χ2v) is 4.98. The maximum absolute atomic E-state index is 12.6. The molecule has 3 nitrogen and oxygen atoms in total. The molecule has 0 saturated heterocycles. The number of pyridine rings is 1. The van der Waals surface area contributed by atoms with Gasteiger partial charge in [-0.15, -0.1) is 0 Å². The fourth-order valence-corrected chi connectivity index (χ4v) is 2.35. The Morgan fingerprint density at radius 2 is 1.74 bits per heavy atom. The minimum Gasteiger partial charge on any atom is -0.478 e. The Morgan fingerprint density at radius 3 is 2.35 bits per heavy atom. The zero-order valence-electron chi connectivity index (χ0n) is 11.6. The number of alkyl halides is 3. The summed E-state index contributed by atoms with van der Waals surface area (Å²) in [7, 11) is 0. The monoisotopic (exact) mass is 317 g/mol. The van der Waals surface area contributed by atoms with Crippen LogP contribution in [0.2, 0.25) is 0 Å². The van der Waals surface area contributed by atoms with Crippen LogP contribution in [0, 0.1) is 0 Å². The lowest BCUT2D eigenvalue weighted by Crippen LogP contribution is -2.04. The van der Waals surface area contributed by atoms with Crippen molar-refractivity contribution in [2.24, 2.45) is 0 Å². The zero-order valence-corrected chi connectivity index (χ0v) is 11.6. The molecule has 6 heteroatoms. The molecule has 3 rings (SSSR count). The molecule has 0 bridgehead atoms. The highest BCUT2D eigenvalue weighted by Gasteiger charge is 2.30. The molecule has 116 valence electrons. The molecular weight excluding hydrogens is 307 g/mol. The molecule has 0 spiro atoms. The zero-order chi connectivity index (χ0) is 16.6. The Kier molecular flexibility index (Phi) is 3.52. The number of hydrogen-bond donors (Lipinski definition) is 1. The van der Waals surface area contributed by atoms with Gasteiger partial charge in [-0.1, -0.05) is 30.3 Å². The second kappa shape index (κ2) is 5.39. The summed E-state index contributed by atoms with van der Waals surface area (Å²) in [5.74, 6) is -1.08. The number of carboxylic acids is 1. The number of carboxylic acid groups (broad SMARTS) is 1. The standard InChI is InChI=1S/C17H10F3NO2/c18-17(19,20)13-6-4-10(5-7-13)14-3-1-2-11-8-12(16(22)23)9-21-15(11)14/h1-9H,(H,22,23). The molecule has 0 unspecified atom stereocenters. The summed E-state index contributed by atoms with van der Waals surface area (Å²) in [5.41, 5.74) is 1.11. The number of halogens is 3. The van der Waals surface area contributed by atoms with Crippen molar-refractivity contribution >= 4 is 16.9 Å². The SMILES string of the molecule is O=C(O)c1cnc2c(-c3ccc(C(F)(F)F)cc3)cccc2c1. The van der Waals surface area contributed by atoms with Gasteiger partial charge >= 0.3 is 12.1 Å². The molecule has 1 heterocycles. The van der Waals surface area contributed by atoms with Crippen molar-refractivity contribution in [3.63, 3.8) is 0 Å². The van der Waals surface area contributed by atoms with Gasteiger partial charge in [-0.05, 0) is 23.8 Å². The molecule has 1 N–H and O–H groups in total. The van der Waals surface area contributed by atoms with Crippen LogP contribution in [0.25, 0.3) is 22.0 Å². The summed E-state index contributed by atoms with van der Waals surface area (Å²) >= 11 is 0. The Labute approximate surface area is 129 Å². The minimum absolute atomic E-state index is 0.0575. The van der Waals surface area contributed by atoms with Crippen LogP contribution in [0.15, 0.2) is 54.7 Å². The van der Waals surface area contributed by atoms with Gasteiger partial charge in [-0.3, -0.25) is 4.98 Å². The van der Waals surface area contributed by atoms with E-state index in [9.17, 15) is 18.0 Å². The summed E-state index contributed by atoms with van der Waals surface area (Å²) in [4.78, 5) is 15.1. The highest BCUT2D eigenvalue weighted by atomic mass is 19.4. The fraction of sp³-hybridized carbons (Fsp3) is 0.0588. The Morgan fingerprint density at radius 1 is 1.04 bits per heavy atom. The number of hydrogen-bond acceptors (Lipinski definition) is 2. The number of aromatic carboxylic acids is 1. The van der Waals surface area contributed by atoms with Gasteiger partial charge in [0, 0.05) is 17.1 Å². The van der Waals surface area contributed by atoms with Crippen molar-refractivity contribution in [3.05, 3.63) is 65.9 Å². The van der Waals surface area contributed by atoms with Crippen molar-refractivity contribution in [2.75, 3.05) is 0 Å². The maximum Gasteiger partial charge on any atom is 0.416 e. The van der Waals surface area contributed by atoms with Gasteiger partial charge in [0.15, 0.2) is 0 Å². The van der Waals surface area contributed by atoms with E-state index in [0.29, 0.717) is 22.0 Å². The molecule has 0 aliphatic heterocycles. The van der Waals surface area contributed by atoms with Crippen molar-refractivity contribution in [2.45, 2.75) is 6.18 Å². The molecule has 2 aromatic carbocycles. The maximum atomic E-state index is 12.6. The molecule has 23 heavy (non-hydrogen) atoms. The number of nitrogens with zero attached hydrogens (tertiary/aromatic N) is 1. The van der Waals surface area contributed by atoms with Crippen LogP contribution in [-0.2, 0) is 6.18 Å².